The van der Waals surface area contributed by atoms with Gasteiger partial charge in [-0.05, 0) is 11.6 Å². The highest BCUT2D eigenvalue weighted by Gasteiger charge is 2.16. The van der Waals surface area contributed by atoms with Gasteiger partial charge in [0.1, 0.15) is 5.82 Å². The van der Waals surface area contributed by atoms with E-state index in [9.17, 15) is 24.1 Å². The number of non-ortho nitro benzene ring substituents is 1. The zero-order valence-corrected chi connectivity index (χ0v) is 14.9. The maximum Gasteiger partial charge on any atom is 0.341 e. The van der Waals surface area contributed by atoms with Crippen LogP contribution in [0.3, 0.4) is 0 Å². The molecule has 1 amide bonds. The van der Waals surface area contributed by atoms with Gasteiger partial charge in [0.25, 0.3) is 11.6 Å². The molecule has 148 valence electrons. The van der Waals surface area contributed by atoms with Gasteiger partial charge in [-0.25, -0.2) is 9.18 Å². The first-order chi connectivity index (χ1) is 13.9. The van der Waals surface area contributed by atoms with Crippen molar-refractivity contribution in [3.8, 4) is 0 Å². The second-order valence-electron chi connectivity index (χ2n) is 5.96. The van der Waals surface area contributed by atoms with Gasteiger partial charge in [0.05, 0.1) is 28.9 Å². The fourth-order valence-corrected chi connectivity index (χ4v) is 2.45. The standard InChI is InChI=1S/C19H15FN4O5/c20-16-7-6-15(24(27)28)8-17(16)22-18(25)12-29-19(26)14-9-21-23(11-14)10-13-4-2-1-3-5-13/h1-9,11H,10,12H2,(H,22,25). The molecule has 2 aromatic carbocycles. The van der Waals surface area contributed by atoms with Gasteiger partial charge >= 0.3 is 5.97 Å². The van der Waals surface area contributed by atoms with Gasteiger partial charge in [-0.2, -0.15) is 5.10 Å². The molecular formula is C19H15FN4O5. The molecule has 0 atom stereocenters. The molecule has 0 bridgehead atoms. The van der Waals surface area contributed by atoms with E-state index < -0.39 is 29.2 Å². The van der Waals surface area contributed by atoms with E-state index in [1.807, 2.05) is 30.3 Å². The highest BCUT2D eigenvalue weighted by molar-refractivity contribution is 5.95. The Labute approximate surface area is 163 Å². The summed E-state index contributed by atoms with van der Waals surface area (Å²) in [6, 6.07) is 12.2. The quantitative estimate of drug-likeness (QED) is 0.372. The summed E-state index contributed by atoms with van der Waals surface area (Å²) in [7, 11) is 0. The molecule has 0 aliphatic carbocycles. The van der Waals surface area contributed by atoms with E-state index in [1.54, 1.807) is 4.68 Å². The summed E-state index contributed by atoms with van der Waals surface area (Å²) in [5.41, 5.74) is 0.379. The first kappa shape index (κ1) is 19.7. The fraction of sp³-hybridized carbons (Fsp3) is 0.105. The van der Waals surface area contributed by atoms with Crippen LogP contribution < -0.4 is 5.32 Å². The molecule has 0 spiro atoms. The van der Waals surface area contributed by atoms with Gasteiger partial charge in [0.15, 0.2) is 6.61 Å². The monoisotopic (exact) mass is 398 g/mol. The number of nitro groups is 1. The van der Waals surface area contributed by atoms with Crippen molar-refractivity contribution in [2.75, 3.05) is 11.9 Å². The third-order valence-electron chi connectivity index (χ3n) is 3.83. The first-order valence-corrected chi connectivity index (χ1v) is 8.39. The zero-order chi connectivity index (χ0) is 20.8. The summed E-state index contributed by atoms with van der Waals surface area (Å²) < 4.78 is 20.1. The molecule has 10 heteroatoms. The van der Waals surface area contributed by atoms with Gasteiger partial charge in [-0.1, -0.05) is 30.3 Å². The summed E-state index contributed by atoms with van der Waals surface area (Å²) >= 11 is 0. The number of carbonyl (C=O) groups is 2. The van der Waals surface area contributed by atoms with Crippen molar-refractivity contribution in [1.82, 2.24) is 9.78 Å². The van der Waals surface area contributed by atoms with Crippen molar-refractivity contribution in [2.24, 2.45) is 0 Å². The Bertz CT molecular complexity index is 1050. The lowest BCUT2D eigenvalue weighted by molar-refractivity contribution is -0.384. The van der Waals surface area contributed by atoms with Crippen LogP contribution in [0.25, 0.3) is 0 Å². The highest BCUT2D eigenvalue weighted by Crippen LogP contribution is 2.21. The van der Waals surface area contributed by atoms with Crippen LogP contribution in [0.5, 0.6) is 0 Å². The average Bonchev–Trinajstić information content (AvgIpc) is 3.17. The second kappa shape index (κ2) is 8.74. The molecule has 3 aromatic rings. The number of amides is 1. The minimum absolute atomic E-state index is 0.148. The number of carbonyl (C=O) groups excluding carboxylic acids is 2. The minimum Gasteiger partial charge on any atom is -0.452 e. The molecule has 9 nitrogen and oxygen atoms in total. The molecule has 0 aliphatic rings. The molecule has 0 aliphatic heterocycles. The van der Waals surface area contributed by atoms with Gasteiger partial charge in [-0.15, -0.1) is 0 Å². The van der Waals surface area contributed by atoms with E-state index in [1.165, 1.54) is 12.4 Å². The highest BCUT2D eigenvalue weighted by atomic mass is 19.1. The summed E-state index contributed by atoms with van der Waals surface area (Å²) in [4.78, 5) is 34.0. The number of nitrogens with zero attached hydrogens (tertiary/aromatic N) is 3. The Hall–Kier alpha value is -4.08. The third kappa shape index (κ3) is 5.22. The fourth-order valence-electron chi connectivity index (χ4n) is 2.45. The number of nitrogens with one attached hydrogen (secondary N) is 1. The Morgan fingerprint density at radius 2 is 1.97 bits per heavy atom. The van der Waals surface area contributed by atoms with Crippen LogP contribution in [0.1, 0.15) is 15.9 Å². The van der Waals surface area contributed by atoms with E-state index in [-0.39, 0.29) is 16.9 Å². The van der Waals surface area contributed by atoms with Crippen molar-refractivity contribution >= 4 is 23.3 Å². The van der Waals surface area contributed by atoms with Crippen LogP contribution in [-0.2, 0) is 16.1 Å². The van der Waals surface area contributed by atoms with E-state index in [0.717, 1.165) is 23.8 Å². The Morgan fingerprint density at radius 1 is 1.21 bits per heavy atom. The summed E-state index contributed by atoms with van der Waals surface area (Å²) in [5.74, 6) is -2.47. The number of ether oxygens (including phenoxy) is 1. The summed E-state index contributed by atoms with van der Waals surface area (Å²) in [6.45, 7) is -0.231. The number of benzene rings is 2. The van der Waals surface area contributed by atoms with Crippen molar-refractivity contribution in [3.63, 3.8) is 0 Å². The van der Waals surface area contributed by atoms with Crippen LogP contribution in [0.2, 0.25) is 0 Å². The average molecular weight is 398 g/mol. The molecule has 3 rings (SSSR count). The van der Waals surface area contributed by atoms with E-state index in [4.69, 9.17) is 4.74 Å². The zero-order valence-electron chi connectivity index (χ0n) is 14.9. The van der Waals surface area contributed by atoms with Gasteiger partial charge in [0, 0.05) is 18.3 Å². The normalized spacial score (nSPS) is 10.4. The minimum atomic E-state index is -0.850. The smallest absolute Gasteiger partial charge is 0.341 e. The lowest BCUT2D eigenvalue weighted by atomic mass is 10.2. The molecule has 0 saturated heterocycles. The van der Waals surface area contributed by atoms with E-state index in [2.05, 4.69) is 10.4 Å². The number of esters is 1. The maximum absolute atomic E-state index is 13.7. The number of anilines is 1. The van der Waals surface area contributed by atoms with Crippen molar-refractivity contribution in [2.45, 2.75) is 6.54 Å². The number of aromatic nitrogens is 2. The second-order valence-corrected chi connectivity index (χ2v) is 5.96. The summed E-state index contributed by atoms with van der Waals surface area (Å²) in [5, 5.41) is 16.9. The Kier molecular flexibility index (Phi) is 5.93. The van der Waals surface area contributed by atoms with E-state index in [0.29, 0.717) is 6.54 Å². The predicted molar refractivity (Wildman–Crippen MR) is 99.7 cm³/mol. The molecule has 1 aromatic heterocycles. The number of nitro benzene ring substituents is 1. The molecule has 0 radical (unpaired) electrons. The first-order valence-electron chi connectivity index (χ1n) is 8.39. The number of rotatable bonds is 7. The topological polar surface area (TPSA) is 116 Å². The van der Waals surface area contributed by atoms with E-state index >= 15 is 0 Å². The summed E-state index contributed by atoms with van der Waals surface area (Å²) in [6.07, 6.45) is 2.79. The molecule has 1 N–H and O–H groups in total. The van der Waals surface area contributed by atoms with Crippen LogP contribution in [0, 0.1) is 15.9 Å². The molecule has 0 unspecified atom stereocenters. The number of hydrogen-bond donors (Lipinski definition) is 1. The largest absolute Gasteiger partial charge is 0.452 e. The van der Waals surface area contributed by atoms with Crippen molar-refractivity contribution in [1.29, 1.82) is 0 Å². The molecular weight excluding hydrogens is 383 g/mol. The molecule has 1 heterocycles. The molecule has 29 heavy (non-hydrogen) atoms. The van der Waals surface area contributed by atoms with Gasteiger partial charge in [-0.3, -0.25) is 19.6 Å². The van der Waals surface area contributed by atoms with Crippen molar-refractivity contribution in [3.05, 3.63) is 88.0 Å². The van der Waals surface area contributed by atoms with Gasteiger partial charge < -0.3 is 10.1 Å². The van der Waals surface area contributed by atoms with Gasteiger partial charge in [0.2, 0.25) is 0 Å². The Balaban J connectivity index is 1.55. The van der Waals surface area contributed by atoms with Crippen molar-refractivity contribution < 1.29 is 23.6 Å². The Morgan fingerprint density at radius 3 is 2.69 bits per heavy atom. The number of hydrogen-bond acceptors (Lipinski definition) is 6. The lowest BCUT2D eigenvalue weighted by Crippen LogP contribution is -2.21. The van der Waals surface area contributed by atoms with Crippen LogP contribution >= 0.6 is 0 Å². The SMILES string of the molecule is O=C(COC(=O)c1cnn(Cc2ccccc2)c1)Nc1cc([N+](=O)[O-])ccc1F. The van der Waals surface area contributed by atoms with Crippen LogP contribution in [0.4, 0.5) is 15.8 Å². The third-order valence-corrected chi connectivity index (χ3v) is 3.83. The predicted octanol–water partition coefficient (Wildman–Crippen LogP) is 2.77. The lowest BCUT2D eigenvalue weighted by Gasteiger charge is -2.07. The van der Waals surface area contributed by atoms with Crippen LogP contribution in [0.15, 0.2) is 60.9 Å². The number of halogens is 1. The molecule has 0 saturated carbocycles. The molecule has 0 fully saturated rings. The van der Waals surface area contributed by atoms with Crippen LogP contribution in [-0.4, -0.2) is 33.2 Å². The maximum atomic E-state index is 13.7.